The summed E-state index contributed by atoms with van der Waals surface area (Å²) in [5.74, 6) is 0. The summed E-state index contributed by atoms with van der Waals surface area (Å²) < 4.78 is 0. The van der Waals surface area contributed by atoms with E-state index in [0.717, 1.165) is 6.42 Å². The molecule has 1 fully saturated rings. The van der Waals surface area contributed by atoms with Crippen molar-refractivity contribution in [3.05, 3.63) is 35.4 Å². The Bertz CT molecular complexity index is 294. The lowest BCUT2D eigenvalue weighted by Gasteiger charge is -2.15. The number of hydrogen-bond donors (Lipinski definition) is 1. The molecule has 88 valence electrons. The van der Waals surface area contributed by atoms with Gasteiger partial charge in [-0.05, 0) is 43.4 Å². The van der Waals surface area contributed by atoms with Crippen LogP contribution in [0.1, 0.15) is 43.7 Å². The lowest BCUT2D eigenvalue weighted by atomic mass is 10.0. The van der Waals surface area contributed by atoms with Gasteiger partial charge in [0, 0.05) is 6.04 Å². The molecule has 0 amide bonds. The average Bonchev–Trinajstić information content (AvgIpc) is 2.59. The molecule has 0 aliphatic carbocycles. The predicted octanol–water partition coefficient (Wildman–Crippen LogP) is 3.32. The van der Waals surface area contributed by atoms with Crippen molar-refractivity contribution in [2.24, 2.45) is 0 Å². The van der Waals surface area contributed by atoms with Gasteiger partial charge in [-0.1, -0.05) is 44.0 Å². The van der Waals surface area contributed by atoms with Crippen molar-refractivity contribution in [2.75, 3.05) is 6.54 Å². The molecule has 1 saturated heterocycles. The summed E-state index contributed by atoms with van der Waals surface area (Å²) in [6.07, 6.45) is 7.83. The zero-order valence-corrected chi connectivity index (χ0v) is 10.3. The van der Waals surface area contributed by atoms with Crippen LogP contribution in [0.5, 0.6) is 0 Å². The van der Waals surface area contributed by atoms with Gasteiger partial charge < -0.3 is 5.32 Å². The van der Waals surface area contributed by atoms with Crippen LogP contribution in [0.15, 0.2) is 24.3 Å². The van der Waals surface area contributed by atoms with Crippen molar-refractivity contribution in [3.8, 4) is 0 Å². The molecule has 1 nitrogen and oxygen atoms in total. The normalized spacial score (nSPS) is 21.7. The molecule has 0 saturated carbocycles. The van der Waals surface area contributed by atoms with E-state index in [1.54, 1.807) is 0 Å². The van der Waals surface area contributed by atoms with Crippen LogP contribution in [-0.2, 0) is 12.8 Å². The molecule has 1 aromatic rings. The van der Waals surface area contributed by atoms with Gasteiger partial charge in [0.05, 0.1) is 0 Å². The van der Waals surface area contributed by atoms with Crippen molar-refractivity contribution in [1.82, 2.24) is 5.32 Å². The lowest BCUT2D eigenvalue weighted by molar-refractivity contribution is 0.507. The fourth-order valence-electron chi connectivity index (χ4n) is 2.47. The number of hydrogen-bond acceptors (Lipinski definition) is 1. The SMILES string of the molecule is CCc1ccc(CC2CCCCCN2)cc1. The molecule has 1 N–H and O–H groups in total. The van der Waals surface area contributed by atoms with Crippen LogP contribution in [0.4, 0.5) is 0 Å². The van der Waals surface area contributed by atoms with E-state index in [9.17, 15) is 0 Å². The van der Waals surface area contributed by atoms with Gasteiger partial charge >= 0.3 is 0 Å². The minimum atomic E-state index is 0.704. The molecule has 0 bridgehead atoms. The highest BCUT2D eigenvalue weighted by molar-refractivity contribution is 5.23. The van der Waals surface area contributed by atoms with Crippen molar-refractivity contribution in [3.63, 3.8) is 0 Å². The fourth-order valence-corrected chi connectivity index (χ4v) is 2.47. The van der Waals surface area contributed by atoms with E-state index in [4.69, 9.17) is 0 Å². The van der Waals surface area contributed by atoms with Crippen LogP contribution in [0, 0.1) is 0 Å². The van der Waals surface area contributed by atoms with E-state index in [0.29, 0.717) is 6.04 Å². The molecule has 1 atom stereocenters. The van der Waals surface area contributed by atoms with E-state index < -0.39 is 0 Å². The molecule has 0 radical (unpaired) electrons. The van der Waals surface area contributed by atoms with Crippen LogP contribution >= 0.6 is 0 Å². The molecule has 1 heterocycles. The smallest absolute Gasteiger partial charge is 0.0107 e. The number of rotatable bonds is 3. The second kappa shape index (κ2) is 6.05. The quantitative estimate of drug-likeness (QED) is 0.819. The van der Waals surface area contributed by atoms with E-state index in [1.807, 2.05) is 0 Å². The Labute approximate surface area is 99.3 Å². The minimum absolute atomic E-state index is 0.704. The zero-order valence-electron chi connectivity index (χ0n) is 10.3. The summed E-state index contributed by atoms with van der Waals surface area (Å²) in [4.78, 5) is 0. The Kier molecular flexibility index (Phi) is 4.41. The first kappa shape index (κ1) is 11.7. The maximum atomic E-state index is 3.66. The largest absolute Gasteiger partial charge is 0.314 e. The molecule has 16 heavy (non-hydrogen) atoms. The van der Waals surface area contributed by atoms with Crippen molar-refractivity contribution >= 4 is 0 Å². The molecule has 1 aromatic carbocycles. The van der Waals surface area contributed by atoms with E-state index in [-0.39, 0.29) is 0 Å². The topological polar surface area (TPSA) is 12.0 Å². The predicted molar refractivity (Wildman–Crippen MR) is 69.8 cm³/mol. The van der Waals surface area contributed by atoms with Gasteiger partial charge in [0.15, 0.2) is 0 Å². The molecular weight excluding hydrogens is 194 g/mol. The van der Waals surface area contributed by atoms with Gasteiger partial charge in [0.25, 0.3) is 0 Å². The third-order valence-corrected chi connectivity index (χ3v) is 3.58. The maximum Gasteiger partial charge on any atom is 0.0107 e. The molecule has 1 heteroatoms. The zero-order chi connectivity index (χ0) is 11.2. The standard InChI is InChI=1S/C15H23N/c1-2-13-7-9-14(10-8-13)12-15-6-4-3-5-11-16-15/h7-10,15-16H,2-6,11-12H2,1H3. The van der Waals surface area contributed by atoms with Crippen LogP contribution in [0.2, 0.25) is 0 Å². The minimum Gasteiger partial charge on any atom is -0.314 e. The van der Waals surface area contributed by atoms with Gasteiger partial charge in [0.2, 0.25) is 0 Å². The summed E-state index contributed by atoms with van der Waals surface area (Å²) in [7, 11) is 0. The third-order valence-electron chi connectivity index (χ3n) is 3.58. The van der Waals surface area contributed by atoms with Crippen LogP contribution in [0.25, 0.3) is 0 Å². The third kappa shape index (κ3) is 3.34. The Balaban J connectivity index is 1.91. The monoisotopic (exact) mass is 217 g/mol. The first-order chi connectivity index (χ1) is 7.88. The second-order valence-corrected chi connectivity index (χ2v) is 4.87. The Morgan fingerprint density at radius 1 is 1.06 bits per heavy atom. The molecule has 1 aliphatic rings. The molecule has 0 aromatic heterocycles. The molecule has 0 spiro atoms. The Morgan fingerprint density at radius 2 is 1.81 bits per heavy atom. The van der Waals surface area contributed by atoms with Gasteiger partial charge in [-0.15, -0.1) is 0 Å². The highest BCUT2D eigenvalue weighted by Crippen LogP contribution is 2.14. The summed E-state index contributed by atoms with van der Waals surface area (Å²) in [6, 6.07) is 9.84. The summed E-state index contributed by atoms with van der Waals surface area (Å²) in [5, 5.41) is 3.66. The Morgan fingerprint density at radius 3 is 2.56 bits per heavy atom. The maximum absolute atomic E-state index is 3.66. The molecular formula is C15H23N. The number of aryl methyl sites for hydroxylation is 1. The van der Waals surface area contributed by atoms with Gasteiger partial charge in [-0.3, -0.25) is 0 Å². The first-order valence-electron chi connectivity index (χ1n) is 6.69. The summed E-state index contributed by atoms with van der Waals surface area (Å²) >= 11 is 0. The fraction of sp³-hybridized carbons (Fsp3) is 0.600. The first-order valence-corrected chi connectivity index (χ1v) is 6.69. The molecule has 1 aliphatic heterocycles. The van der Waals surface area contributed by atoms with Crippen LogP contribution in [0.3, 0.4) is 0 Å². The van der Waals surface area contributed by atoms with Crippen LogP contribution < -0.4 is 5.32 Å². The molecule has 2 rings (SSSR count). The average molecular weight is 217 g/mol. The lowest BCUT2D eigenvalue weighted by Crippen LogP contribution is -2.30. The second-order valence-electron chi connectivity index (χ2n) is 4.87. The van der Waals surface area contributed by atoms with E-state index >= 15 is 0 Å². The summed E-state index contributed by atoms with van der Waals surface area (Å²) in [6.45, 7) is 3.42. The van der Waals surface area contributed by atoms with E-state index in [2.05, 4.69) is 36.5 Å². The van der Waals surface area contributed by atoms with E-state index in [1.165, 1.54) is 49.8 Å². The summed E-state index contributed by atoms with van der Waals surface area (Å²) in [5.41, 5.74) is 2.93. The van der Waals surface area contributed by atoms with Crippen molar-refractivity contribution in [1.29, 1.82) is 0 Å². The van der Waals surface area contributed by atoms with Gasteiger partial charge in [-0.2, -0.15) is 0 Å². The van der Waals surface area contributed by atoms with Crippen LogP contribution in [-0.4, -0.2) is 12.6 Å². The number of benzene rings is 1. The Hall–Kier alpha value is -0.820. The van der Waals surface area contributed by atoms with Gasteiger partial charge in [0.1, 0.15) is 0 Å². The highest BCUT2D eigenvalue weighted by atomic mass is 14.9. The molecule has 1 unspecified atom stereocenters. The number of nitrogens with one attached hydrogen (secondary N) is 1. The van der Waals surface area contributed by atoms with Crippen molar-refractivity contribution in [2.45, 2.75) is 51.5 Å². The highest BCUT2D eigenvalue weighted by Gasteiger charge is 2.11. The van der Waals surface area contributed by atoms with Gasteiger partial charge in [-0.25, -0.2) is 0 Å². The van der Waals surface area contributed by atoms with Crippen molar-refractivity contribution < 1.29 is 0 Å².